The number of nitrogen functional groups attached to an aromatic ring is 1. The topological polar surface area (TPSA) is 51.8 Å². The average molecular weight is 239 g/mol. The Labute approximate surface area is 95.1 Å². The normalized spacial score (nSPS) is 11.5. The summed E-state index contributed by atoms with van der Waals surface area (Å²) < 4.78 is 37.3. The van der Waals surface area contributed by atoms with Crippen LogP contribution in [0.2, 0.25) is 0 Å². The molecule has 1 aromatic carbocycles. The molecule has 0 fully saturated rings. The molecule has 3 nitrogen and oxygen atoms in total. The summed E-state index contributed by atoms with van der Waals surface area (Å²) in [7, 11) is 0. The smallest absolute Gasteiger partial charge is 0.399 e. The van der Waals surface area contributed by atoms with Crippen molar-refractivity contribution in [2.45, 2.75) is 6.18 Å². The number of halogens is 3. The molecule has 2 rings (SSSR count). The van der Waals surface area contributed by atoms with Crippen LogP contribution in [0.4, 0.5) is 18.9 Å². The fraction of sp³-hybridized carbons (Fsp3) is 0.0909. The zero-order valence-electron chi connectivity index (χ0n) is 8.57. The number of aromatic nitrogens is 2. The van der Waals surface area contributed by atoms with Crippen molar-refractivity contribution in [3.63, 3.8) is 0 Å². The molecule has 6 heteroatoms. The van der Waals surface area contributed by atoms with Crippen LogP contribution in [0, 0.1) is 0 Å². The molecule has 88 valence electrons. The van der Waals surface area contributed by atoms with Crippen molar-refractivity contribution in [1.82, 2.24) is 9.97 Å². The lowest BCUT2D eigenvalue weighted by Crippen LogP contribution is -2.08. The first-order valence-corrected chi connectivity index (χ1v) is 4.73. The molecule has 0 saturated carbocycles. The van der Waals surface area contributed by atoms with Crippen molar-refractivity contribution in [2.24, 2.45) is 0 Å². The van der Waals surface area contributed by atoms with Crippen molar-refractivity contribution in [3.8, 4) is 11.4 Å². The monoisotopic (exact) mass is 239 g/mol. The van der Waals surface area contributed by atoms with Crippen LogP contribution in [0.1, 0.15) is 5.69 Å². The van der Waals surface area contributed by atoms with Crippen LogP contribution in [0.5, 0.6) is 0 Å². The largest absolute Gasteiger partial charge is 0.433 e. The standard InChI is InChI=1S/C11H8F3N3/c12-11(13,14)9-5-6-16-10(17-9)7-1-3-8(15)4-2-7/h1-6H,15H2. The van der Waals surface area contributed by atoms with Crippen molar-refractivity contribution in [2.75, 3.05) is 5.73 Å². The molecule has 0 saturated heterocycles. The van der Waals surface area contributed by atoms with Crippen molar-refractivity contribution in [1.29, 1.82) is 0 Å². The number of hydrogen-bond acceptors (Lipinski definition) is 3. The maximum Gasteiger partial charge on any atom is 0.433 e. The van der Waals surface area contributed by atoms with E-state index >= 15 is 0 Å². The van der Waals surface area contributed by atoms with E-state index in [1.807, 2.05) is 0 Å². The lowest BCUT2D eigenvalue weighted by molar-refractivity contribution is -0.141. The maximum absolute atomic E-state index is 12.4. The summed E-state index contributed by atoms with van der Waals surface area (Å²) >= 11 is 0. The summed E-state index contributed by atoms with van der Waals surface area (Å²) in [5.74, 6) is 0.0276. The van der Waals surface area contributed by atoms with E-state index in [1.54, 1.807) is 24.3 Å². The van der Waals surface area contributed by atoms with E-state index in [2.05, 4.69) is 9.97 Å². The molecule has 2 aromatic rings. The molecule has 1 heterocycles. The number of hydrogen-bond donors (Lipinski definition) is 1. The van der Waals surface area contributed by atoms with Gasteiger partial charge in [0.25, 0.3) is 0 Å². The first-order chi connectivity index (χ1) is 7.97. The third-order valence-corrected chi connectivity index (χ3v) is 2.11. The van der Waals surface area contributed by atoms with Gasteiger partial charge in [-0.25, -0.2) is 9.97 Å². The Kier molecular flexibility index (Phi) is 2.71. The van der Waals surface area contributed by atoms with Crippen LogP contribution >= 0.6 is 0 Å². The molecule has 0 unspecified atom stereocenters. The first kappa shape index (κ1) is 11.4. The van der Waals surface area contributed by atoms with Gasteiger partial charge in [-0.3, -0.25) is 0 Å². The van der Waals surface area contributed by atoms with Gasteiger partial charge in [0.1, 0.15) is 5.69 Å². The molecule has 0 radical (unpaired) electrons. The fourth-order valence-electron chi connectivity index (χ4n) is 1.29. The molecule has 0 bridgehead atoms. The summed E-state index contributed by atoms with van der Waals surface area (Å²) in [6.45, 7) is 0. The van der Waals surface area contributed by atoms with E-state index in [4.69, 9.17) is 5.73 Å². The van der Waals surface area contributed by atoms with Gasteiger partial charge < -0.3 is 5.73 Å². The Morgan fingerprint density at radius 3 is 2.24 bits per heavy atom. The van der Waals surface area contributed by atoms with Crippen LogP contribution in [-0.2, 0) is 6.18 Å². The van der Waals surface area contributed by atoms with Gasteiger partial charge in [-0.15, -0.1) is 0 Å². The zero-order valence-corrected chi connectivity index (χ0v) is 8.57. The van der Waals surface area contributed by atoms with Crippen LogP contribution in [0.25, 0.3) is 11.4 Å². The van der Waals surface area contributed by atoms with Crippen LogP contribution in [-0.4, -0.2) is 9.97 Å². The maximum atomic E-state index is 12.4. The summed E-state index contributed by atoms with van der Waals surface area (Å²) in [5.41, 5.74) is 5.54. The molecule has 0 atom stereocenters. The Balaban J connectivity index is 2.43. The number of rotatable bonds is 1. The number of nitrogens with two attached hydrogens (primary N) is 1. The summed E-state index contributed by atoms with van der Waals surface area (Å²) in [4.78, 5) is 7.27. The Morgan fingerprint density at radius 2 is 1.65 bits per heavy atom. The highest BCUT2D eigenvalue weighted by molar-refractivity contribution is 5.58. The molecule has 0 aliphatic rings. The lowest BCUT2D eigenvalue weighted by atomic mass is 10.2. The lowest BCUT2D eigenvalue weighted by Gasteiger charge is -2.06. The Hall–Kier alpha value is -2.11. The van der Waals surface area contributed by atoms with Gasteiger partial charge >= 0.3 is 6.18 Å². The second-order valence-electron chi connectivity index (χ2n) is 3.39. The van der Waals surface area contributed by atoms with E-state index < -0.39 is 11.9 Å². The number of benzene rings is 1. The fourth-order valence-corrected chi connectivity index (χ4v) is 1.29. The van der Waals surface area contributed by atoms with Crippen LogP contribution in [0.3, 0.4) is 0 Å². The quantitative estimate of drug-likeness (QED) is 0.778. The van der Waals surface area contributed by atoms with Crippen LogP contribution in [0.15, 0.2) is 36.5 Å². The van der Waals surface area contributed by atoms with Gasteiger partial charge in [-0.2, -0.15) is 13.2 Å². The SMILES string of the molecule is Nc1ccc(-c2nccc(C(F)(F)F)n2)cc1. The predicted octanol–water partition coefficient (Wildman–Crippen LogP) is 2.74. The summed E-state index contributed by atoms with van der Waals surface area (Å²) in [6, 6.07) is 7.15. The molecular weight excluding hydrogens is 231 g/mol. The van der Waals surface area contributed by atoms with Crippen molar-refractivity contribution in [3.05, 3.63) is 42.2 Å². The van der Waals surface area contributed by atoms with Gasteiger partial charge in [0, 0.05) is 17.4 Å². The minimum absolute atomic E-state index is 0.0276. The van der Waals surface area contributed by atoms with E-state index in [1.165, 1.54) is 0 Å². The van der Waals surface area contributed by atoms with Gasteiger partial charge in [0.2, 0.25) is 0 Å². The van der Waals surface area contributed by atoms with Gasteiger partial charge in [-0.1, -0.05) is 0 Å². The summed E-state index contributed by atoms with van der Waals surface area (Å²) in [5, 5.41) is 0. The number of anilines is 1. The third-order valence-electron chi connectivity index (χ3n) is 2.11. The van der Waals surface area contributed by atoms with E-state index in [9.17, 15) is 13.2 Å². The van der Waals surface area contributed by atoms with E-state index in [0.29, 0.717) is 11.3 Å². The minimum atomic E-state index is -4.47. The molecule has 17 heavy (non-hydrogen) atoms. The van der Waals surface area contributed by atoms with Crippen LogP contribution < -0.4 is 5.73 Å². The van der Waals surface area contributed by atoms with E-state index in [0.717, 1.165) is 12.3 Å². The molecule has 0 spiro atoms. The average Bonchev–Trinajstić information content (AvgIpc) is 2.29. The first-order valence-electron chi connectivity index (χ1n) is 4.73. The van der Waals surface area contributed by atoms with Gasteiger partial charge in [0.15, 0.2) is 5.82 Å². The highest BCUT2D eigenvalue weighted by Gasteiger charge is 2.32. The van der Waals surface area contributed by atoms with E-state index in [-0.39, 0.29) is 5.82 Å². The highest BCUT2D eigenvalue weighted by atomic mass is 19.4. The van der Waals surface area contributed by atoms with Gasteiger partial charge in [-0.05, 0) is 30.3 Å². The van der Waals surface area contributed by atoms with Crippen molar-refractivity contribution < 1.29 is 13.2 Å². The molecule has 0 aliphatic carbocycles. The highest BCUT2D eigenvalue weighted by Crippen LogP contribution is 2.28. The minimum Gasteiger partial charge on any atom is -0.399 e. The number of nitrogens with zero attached hydrogens (tertiary/aromatic N) is 2. The Morgan fingerprint density at radius 1 is 1.00 bits per heavy atom. The van der Waals surface area contributed by atoms with Gasteiger partial charge in [0.05, 0.1) is 0 Å². The van der Waals surface area contributed by atoms with Crippen molar-refractivity contribution >= 4 is 5.69 Å². The second kappa shape index (κ2) is 4.04. The molecule has 0 amide bonds. The molecule has 0 aliphatic heterocycles. The molecule has 1 aromatic heterocycles. The third kappa shape index (κ3) is 2.52. The zero-order chi connectivity index (χ0) is 12.5. The summed E-state index contributed by atoms with van der Waals surface area (Å²) in [6.07, 6.45) is -3.38. The molecular formula is C11H8F3N3. The number of alkyl halides is 3. The predicted molar refractivity (Wildman–Crippen MR) is 56.9 cm³/mol. The second-order valence-corrected chi connectivity index (χ2v) is 3.39. The molecule has 2 N–H and O–H groups in total. The Bertz CT molecular complexity index is 520.